The average molecular weight is 297 g/mol. The summed E-state index contributed by atoms with van der Waals surface area (Å²) in [5.74, 6) is -0.0432. The van der Waals surface area contributed by atoms with Crippen molar-refractivity contribution in [1.82, 2.24) is 5.32 Å². The van der Waals surface area contributed by atoms with Gasteiger partial charge in [0, 0.05) is 29.3 Å². The van der Waals surface area contributed by atoms with Crippen molar-refractivity contribution in [2.75, 3.05) is 0 Å². The van der Waals surface area contributed by atoms with Gasteiger partial charge < -0.3 is 5.32 Å². The molecule has 0 saturated heterocycles. The standard InChI is InChI=1S/C18H20N2O2/c1-3-14(2)19-17(21)13-20-11-9-16(10-12-20)18(22)15-7-5-4-6-8-15/h4-12,14H,3,13H2,1-2H3/p+1/t14-/m1/s1. The Labute approximate surface area is 130 Å². The van der Waals surface area contributed by atoms with Crippen LogP contribution in [0.2, 0.25) is 0 Å². The quantitative estimate of drug-likeness (QED) is 0.656. The van der Waals surface area contributed by atoms with E-state index in [-0.39, 0.29) is 24.3 Å². The molecule has 1 heterocycles. The molecule has 0 bridgehead atoms. The molecule has 0 aliphatic rings. The molecule has 0 radical (unpaired) electrons. The molecule has 2 aromatic rings. The highest BCUT2D eigenvalue weighted by atomic mass is 16.2. The number of hydrogen-bond donors (Lipinski definition) is 1. The van der Waals surface area contributed by atoms with Gasteiger partial charge in [-0.05, 0) is 13.3 Å². The molecule has 0 aliphatic heterocycles. The van der Waals surface area contributed by atoms with Gasteiger partial charge in [-0.15, -0.1) is 0 Å². The van der Waals surface area contributed by atoms with Crippen LogP contribution in [0.1, 0.15) is 36.2 Å². The Morgan fingerprint density at radius 2 is 1.64 bits per heavy atom. The number of hydrogen-bond acceptors (Lipinski definition) is 2. The Morgan fingerprint density at radius 3 is 2.23 bits per heavy atom. The van der Waals surface area contributed by atoms with Crippen LogP contribution in [0, 0.1) is 0 Å². The second-order valence-electron chi connectivity index (χ2n) is 5.33. The van der Waals surface area contributed by atoms with Crippen molar-refractivity contribution < 1.29 is 14.2 Å². The fourth-order valence-corrected chi connectivity index (χ4v) is 2.06. The van der Waals surface area contributed by atoms with Crippen LogP contribution in [-0.4, -0.2) is 17.7 Å². The first-order valence-corrected chi connectivity index (χ1v) is 7.48. The summed E-state index contributed by atoms with van der Waals surface area (Å²) in [6.07, 6.45) is 4.42. The summed E-state index contributed by atoms with van der Waals surface area (Å²) >= 11 is 0. The molecule has 1 atom stereocenters. The van der Waals surface area contributed by atoms with E-state index in [1.165, 1.54) is 0 Å². The second kappa shape index (κ2) is 7.50. The molecular formula is C18H21N2O2+. The molecule has 1 amide bonds. The minimum absolute atomic E-state index is 0.0168. The van der Waals surface area contributed by atoms with Crippen LogP contribution in [0.4, 0.5) is 0 Å². The smallest absolute Gasteiger partial charge is 0.286 e. The second-order valence-corrected chi connectivity index (χ2v) is 5.33. The Balaban J connectivity index is 2.01. The Hall–Kier alpha value is -2.49. The predicted octanol–water partition coefficient (Wildman–Crippen LogP) is 2.12. The molecule has 2 rings (SSSR count). The fraction of sp³-hybridized carbons (Fsp3) is 0.278. The lowest BCUT2D eigenvalue weighted by atomic mass is 10.0. The van der Waals surface area contributed by atoms with E-state index >= 15 is 0 Å². The van der Waals surface area contributed by atoms with Gasteiger partial charge in [0.05, 0.1) is 0 Å². The number of carbonyl (C=O) groups excluding carboxylic acids is 2. The van der Waals surface area contributed by atoms with E-state index in [4.69, 9.17) is 0 Å². The summed E-state index contributed by atoms with van der Waals surface area (Å²) < 4.78 is 1.76. The van der Waals surface area contributed by atoms with E-state index in [2.05, 4.69) is 5.32 Å². The van der Waals surface area contributed by atoms with Crippen molar-refractivity contribution in [3.63, 3.8) is 0 Å². The van der Waals surface area contributed by atoms with Gasteiger partial charge in [-0.3, -0.25) is 9.59 Å². The summed E-state index contributed by atoms with van der Waals surface area (Å²) in [7, 11) is 0. The minimum Gasteiger partial charge on any atom is -0.348 e. The van der Waals surface area contributed by atoms with E-state index < -0.39 is 0 Å². The van der Waals surface area contributed by atoms with Crippen molar-refractivity contribution in [2.45, 2.75) is 32.9 Å². The SMILES string of the molecule is CC[C@@H](C)NC(=O)C[n+]1ccc(C(=O)c2ccccc2)cc1. The summed E-state index contributed by atoms with van der Waals surface area (Å²) in [6, 6.07) is 12.8. The Morgan fingerprint density at radius 1 is 1.05 bits per heavy atom. The van der Waals surface area contributed by atoms with Crippen LogP contribution < -0.4 is 9.88 Å². The highest BCUT2D eigenvalue weighted by Crippen LogP contribution is 2.07. The van der Waals surface area contributed by atoms with Crippen LogP contribution in [0.5, 0.6) is 0 Å². The Bertz CT molecular complexity index is 636. The number of benzene rings is 1. The number of pyridine rings is 1. The van der Waals surface area contributed by atoms with Crippen LogP contribution in [-0.2, 0) is 11.3 Å². The molecule has 4 heteroatoms. The first-order valence-electron chi connectivity index (χ1n) is 7.48. The number of nitrogens with zero attached hydrogens (tertiary/aromatic N) is 1. The molecule has 1 aromatic heterocycles. The van der Waals surface area contributed by atoms with Gasteiger partial charge in [-0.2, -0.15) is 4.57 Å². The van der Waals surface area contributed by atoms with Crippen molar-refractivity contribution in [3.8, 4) is 0 Å². The lowest BCUT2D eigenvalue weighted by Crippen LogP contribution is -2.44. The lowest BCUT2D eigenvalue weighted by Gasteiger charge is -2.09. The van der Waals surface area contributed by atoms with Gasteiger partial charge >= 0.3 is 0 Å². The van der Waals surface area contributed by atoms with Crippen molar-refractivity contribution in [3.05, 3.63) is 66.0 Å². The van der Waals surface area contributed by atoms with E-state index in [1.807, 2.05) is 32.0 Å². The van der Waals surface area contributed by atoms with Gasteiger partial charge in [0.1, 0.15) is 0 Å². The number of aromatic nitrogens is 1. The molecule has 22 heavy (non-hydrogen) atoms. The van der Waals surface area contributed by atoms with Crippen molar-refractivity contribution >= 4 is 11.7 Å². The molecule has 1 aromatic carbocycles. The number of nitrogens with one attached hydrogen (secondary N) is 1. The summed E-state index contributed by atoms with van der Waals surface area (Å²) in [5.41, 5.74) is 1.28. The van der Waals surface area contributed by atoms with Crippen molar-refractivity contribution in [1.29, 1.82) is 0 Å². The van der Waals surface area contributed by atoms with Crippen LogP contribution >= 0.6 is 0 Å². The number of carbonyl (C=O) groups is 2. The van der Waals surface area contributed by atoms with Crippen LogP contribution in [0.25, 0.3) is 0 Å². The normalized spacial score (nSPS) is 11.7. The monoisotopic (exact) mass is 297 g/mol. The van der Waals surface area contributed by atoms with E-state index in [9.17, 15) is 9.59 Å². The summed E-state index contributed by atoms with van der Waals surface area (Å²) in [5, 5.41) is 2.91. The largest absolute Gasteiger partial charge is 0.348 e. The van der Waals surface area contributed by atoms with Crippen molar-refractivity contribution in [2.24, 2.45) is 0 Å². The highest BCUT2D eigenvalue weighted by Gasteiger charge is 2.13. The van der Waals surface area contributed by atoms with Gasteiger partial charge in [-0.1, -0.05) is 37.3 Å². The molecule has 1 N–H and O–H groups in total. The maximum absolute atomic E-state index is 12.3. The molecule has 4 nitrogen and oxygen atoms in total. The van der Waals surface area contributed by atoms with Gasteiger partial charge in [-0.25, -0.2) is 0 Å². The Kier molecular flexibility index (Phi) is 5.42. The zero-order valence-electron chi connectivity index (χ0n) is 13.0. The minimum atomic E-state index is -0.0264. The average Bonchev–Trinajstić information content (AvgIpc) is 2.55. The van der Waals surface area contributed by atoms with Gasteiger partial charge in [0.2, 0.25) is 6.54 Å². The third-order valence-electron chi connectivity index (χ3n) is 3.54. The zero-order chi connectivity index (χ0) is 15.9. The first-order chi connectivity index (χ1) is 10.6. The zero-order valence-corrected chi connectivity index (χ0v) is 13.0. The molecule has 0 fully saturated rings. The first kappa shape index (κ1) is 15.9. The highest BCUT2D eigenvalue weighted by molar-refractivity contribution is 6.08. The third-order valence-corrected chi connectivity index (χ3v) is 3.54. The molecule has 0 aliphatic carbocycles. The maximum atomic E-state index is 12.3. The number of rotatable bonds is 6. The summed E-state index contributed by atoms with van der Waals surface area (Å²) in [6.45, 7) is 4.26. The maximum Gasteiger partial charge on any atom is 0.286 e. The molecule has 0 spiro atoms. The number of ketones is 1. The lowest BCUT2D eigenvalue weighted by molar-refractivity contribution is -0.684. The van der Waals surface area contributed by atoms with Crippen LogP contribution in [0.3, 0.4) is 0 Å². The molecule has 0 unspecified atom stereocenters. The molecule has 0 saturated carbocycles. The molecule has 114 valence electrons. The van der Waals surface area contributed by atoms with E-state index in [0.29, 0.717) is 11.1 Å². The number of amides is 1. The fourth-order valence-electron chi connectivity index (χ4n) is 2.06. The van der Waals surface area contributed by atoms with Gasteiger partial charge in [0.15, 0.2) is 18.2 Å². The van der Waals surface area contributed by atoms with E-state index in [1.54, 1.807) is 41.2 Å². The van der Waals surface area contributed by atoms with E-state index in [0.717, 1.165) is 6.42 Å². The third kappa shape index (κ3) is 4.25. The van der Waals surface area contributed by atoms with Gasteiger partial charge in [0.25, 0.3) is 5.91 Å². The molecular weight excluding hydrogens is 276 g/mol. The predicted molar refractivity (Wildman–Crippen MR) is 84.4 cm³/mol. The summed E-state index contributed by atoms with van der Waals surface area (Å²) in [4.78, 5) is 24.1. The van der Waals surface area contributed by atoms with Crippen LogP contribution in [0.15, 0.2) is 54.9 Å². The topological polar surface area (TPSA) is 50.1 Å².